The molecule has 4 rings (SSSR count). The number of hydrogen-bond acceptors (Lipinski definition) is 6. The van der Waals surface area contributed by atoms with Crippen molar-refractivity contribution in [1.29, 1.82) is 0 Å². The molecule has 1 atom stereocenters. The van der Waals surface area contributed by atoms with Crippen LogP contribution in [0.3, 0.4) is 0 Å². The number of hydrogen-bond donors (Lipinski definition) is 2. The number of anilines is 1. The highest BCUT2D eigenvalue weighted by atomic mass is 16.5. The summed E-state index contributed by atoms with van der Waals surface area (Å²) in [6.07, 6.45) is 1.65. The van der Waals surface area contributed by atoms with Gasteiger partial charge in [-0.3, -0.25) is 4.79 Å². The normalized spacial score (nSPS) is 11.7. The molecule has 3 N–H and O–H groups in total. The molecule has 4 aromatic rings. The summed E-state index contributed by atoms with van der Waals surface area (Å²) in [5, 5.41) is 6.93. The van der Waals surface area contributed by atoms with E-state index in [1.54, 1.807) is 26.5 Å². The number of aromatic nitrogens is 1. The molecule has 3 aromatic carbocycles. The second-order valence-electron chi connectivity index (χ2n) is 7.98. The minimum atomic E-state index is -0.816. The molecule has 1 unspecified atom stereocenters. The Morgan fingerprint density at radius 3 is 2.41 bits per heavy atom. The average molecular weight is 458 g/mol. The number of nitrogens with zero attached hydrogens (tertiary/aromatic N) is 1. The molecule has 0 aliphatic rings. The van der Waals surface area contributed by atoms with E-state index in [2.05, 4.69) is 10.5 Å². The van der Waals surface area contributed by atoms with Crippen LogP contribution in [0.2, 0.25) is 0 Å². The van der Waals surface area contributed by atoms with E-state index in [1.165, 1.54) is 0 Å². The topological polar surface area (TPSA) is 99.6 Å². The van der Waals surface area contributed by atoms with Crippen LogP contribution in [0.1, 0.15) is 22.7 Å². The summed E-state index contributed by atoms with van der Waals surface area (Å²) < 4.78 is 16.6. The lowest BCUT2D eigenvalue weighted by Crippen LogP contribution is -2.27. The van der Waals surface area contributed by atoms with Gasteiger partial charge in [-0.2, -0.15) is 0 Å². The number of nitrogens with two attached hydrogens (primary N) is 1. The van der Waals surface area contributed by atoms with Crippen LogP contribution in [-0.2, 0) is 4.79 Å². The van der Waals surface area contributed by atoms with E-state index in [1.807, 2.05) is 68.4 Å². The minimum absolute atomic E-state index is 0.342. The Kier molecular flexibility index (Phi) is 6.65. The largest absolute Gasteiger partial charge is 0.496 e. The van der Waals surface area contributed by atoms with Crippen LogP contribution >= 0.6 is 0 Å². The Bertz CT molecular complexity index is 1310. The van der Waals surface area contributed by atoms with Gasteiger partial charge in [0.15, 0.2) is 5.76 Å². The first-order valence-corrected chi connectivity index (χ1v) is 10.8. The van der Waals surface area contributed by atoms with E-state index in [9.17, 15) is 4.79 Å². The SMILES string of the molecule is COc1ccc(-c2cnoc2-c2cc(C)c(C)c(OC)c2)cc1NC(=O)C(N)c1ccccc1. The minimum Gasteiger partial charge on any atom is -0.496 e. The zero-order valence-corrected chi connectivity index (χ0v) is 19.6. The van der Waals surface area contributed by atoms with E-state index in [0.29, 0.717) is 17.2 Å². The lowest BCUT2D eigenvalue weighted by molar-refractivity contribution is -0.117. The number of ether oxygens (including phenoxy) is 2. The third-order valence-corrected chi connectivity index (χ3v) is 5.88. The summed E-state index contributed by atoms with van der Waals surface area (Å²) in [7, 11) is 3.19. The Labute approximate surface area is 198 Å². The fourth-order valence-corrected chi connectivity index (χ4v) is 3.82. The summed E-state index contributed by atoms with van der Waals surface area (Å²) in [6, 6.07) is 17.9. The molecule has 1 amide bonds. The van der Waals surface area contributed by atoms with Crippen LogP contribution in [0, 0.1) is 13.8 Å². The Morgan fingerprint density at radius 2 is 1.71 bits per heavy atom. The number of nitrogens with one attached hydrogen (secondary N) is 1. The highest BCUT2D eigenvalue weighted by molar-refractivity contribution is 5.97. The van der Waals surface area contributed by atoms with Gasteiger partial charge in [0.25, 0.3) is 0 Å². The summed E-state index contributed by atoms with van der Waals surface area (Å²) in [6.45, 7) is 4.03. The molecule has 1 heterocycles. The van der Waals surface area contributed by atoms with Crippen molar-refractivity contribution in [1.82, 2.24) is 5.16 Å². The van der Waals surface area contributed by atoms with Crippen LogP contribution in [0.15, 0.2) is 71.4 Å². The van der Waals surface area contributed by atoms with Gasteiger partial charge in [0.1, 0.15) is 17.5 Å². The van der Waals surface area contributed by atoms with Crippen LogP contribution in [-0.4, -0.2) is 25.3 Å². The monoisotopic (exact) mass is 457 g/mol. The molecule has 0 spiro atoms. The number of rotatable bonds is 7. The van der Waals surface area contributed by atoms with Crippen molar-refractivity contribution < 1.29 is 18.8 Å². The van der Waals surface area contributed by atoms with Gasteiger partial charge in [-0.25, -0.2) is 0 Å². The van der Waals surface area contributed by atoms with Gasteiger partial charge in [-0.05, 0) is 60.4 Å². The second kappa shape index (κ2) is 9.80. The van der Waals surface area contributed by atoms with Gasteiger partial charge in [0, 0.05) is 11.1 Å². The van der Waals surface area contributed by atoms with Crippen molar-refractivity contribution >= 4 is 11.6 Å². The predicted octanol–water partition coefficient (Wildman–Crippen LogP) is 5.28. The molecular formula is C27H27N3O4. The quantitative estimate of drug-likeness (QED) is 0.392. The smallest absolute Gasteiger partial charge is 0.245 e. The molecule has 0 saturated carbocycles. The molecule has 0 aliphatic carbocycles. The van der Waals surface area contributed by atoms with Crippen molar-refractivity contribution in [2.24, 2.45) is 5.73 Å². The molecule has 7 nitrogen and oxygen atoms in total. The number of carbonyl (C=O) groups is 1. The summed E-state index contributed by atoms with van der Waals surface area (Å²) in [5.74, 6) is 1.55. The lowest BCUT2D eigenvalue weighted by atomic mass is 9.98. The number of carbonyl (C=O) groups excluding carboxylic acids is 1. The maximum atomic E-state index is 12.9. The molecule has 0 bridgehead atoms. The fraction of sp³-hybridized carbons (Fsp3) is 0.185. The maximum Gasteiger partial charge on any atom is 0.245 e. The zero-order chi connectivity index (χ0) is 24.2. The highest BCUT2D eigenvalue weighted by Crippen LogP contribution is 2.38. The average Bonchev–Trinajstić information content (AvgIpc) is 3.35. The summed E-state index contributed by atoms with van der Waals surface area (Å²) >= 11 is 0. The van der Waals surface area contributed by atoms with Gasteiger partial charge in [-0.15, -0.1) is 0 Å². The van der Waals surface area contributed by atoms with Crippen molar-refractivity contribution in [2.45, 2.75) is 19.9 Å². The van der Waals surface area contributed by atoms with Gasteiger partial charge < -0.3 is 25.0 Å². The van der Waals surface area contributed by atoms with Crippen LogP contribution in [0.4, 0.5) is 5.69 Å². The van der Waals surface area contributed by atoms with Crippen molar-refractivity contribution in [3.05, 3.63) is 83.6 Å². The first-order chi connectivity index (χ1) is 16.4. The number of amides is 1. The van der Waals surface area contributed by atoms with Crippen LogP contribution < -0.4 is 20.5 Å². The van der Waals surface area contributed by atoms with E-state index in [4.69, 9.17) is 19.7 Å². The predicted molar refractivity (Wildman–Crippen MR) is 132 cm³/mol. The summed E-state index contributed by atoms with van der Waals surface area (Å²) in [5.41, 5.74) is 12.0. The molecule has 0 radical (unpaired) electrons. The first kappa shape index (κ1) is 23.1. The zero-order valence-electron chi connectivity index (χ0n) is 19.6. The molecule has 0 aliphatic heterocycles. The molecular weight excluding hydrogens is 430 g/mol. The molecule has 0 saturated heterocycles. The van der Waals surface area contributed by atoms with Gasteiger partial charge in [-0.1, -0.05) is 41.6 Å². The van der Waals surface area contributed by atoms with Crippen LogP contribution in [0.5, 0.6) is 11.5 Å². The molecule has 34 heavy (non-hydrogen) atoms. The maximum absolute atomic E-state index is 12.9. The van der Waals surface area contributed by atoms with E-state index < -0.39 is 6.04 Å². The second-order valence-corrected chi connectivity index (χ2v) is 7.98. The first-order valence-electron chi connectivity index (χ1n) is 10.8. The van der Waals surface area contributed by atoms with Crippen molar-refractivity contribution in [3.8, 4) is 33.9 Å². The standard InChI is InChI=1S/C27H27N3O4/c1-16-12-20(14-24(33-4)17(16)2)26-21(15-29-34-26)19-10-11-23(32-3)22(13-19)30-27(31)25(28)18-8-6-5-7-9-18/h5-15,25H,28H2,1-4H3,(H,30,31). The van der Waals surface area contributed by atoms with E-state index in [0.717, 1.165) is 39.1 Å². The number of methoxy groups -OCH3 is 2. The van der Waals surface area contributed by atoms with Crippen molar-refractivity contribution in [3.63, 3.8) is 0 Å². The lowest BCUT2D eigenvalue weighted by Gasteiger charge is -2.16. The highest BCUT2D eigenvalue weighted by Gasteiger charge is 2.20. The fourth-order valence-electron chi connectivity index (χ4n) is 3.82. The third-order valence-electron chi connectivity index (χ3n) is 5.88. The third kappa shape index (κ3) is 4.51. The molecule has 1 aromatic heterocycles. The Hall–Kier alpha value is -4.10. The van der Waals surface area contributed by atoms with E-state index >= 15 is 0 Å². The molecule has 174 valence electrons. The summed E-state index contributed by atoms with van der Waals surface area (Å²) in [4.78, 5) is 12.9. The Balaban J connectivity index is 1.69. The van der Waals surface area contributed by atoms with Crippen LogP contribution in [0.25, 0.3) is 22.5 Å². The number of benzene rings is 3. The molecule has 7 heteroatoms. The Morgan fingerprint density at radius 1 is 0.971 bits per heavy atom. The van der Waals surface area contributed by atoms with Gasteiger partial charge >= 0.3 is 0 Å². The van der Waals surface area contributed by atoms with Gasteiger partial charge in [0.05, 0.1) is 26.1 Å². The van der Waals surface area contributed by atoms with Crippen molar-refractivity contribution in [2.75, 3.05) is 19.5 Å². The number of aryl methyl sites for hydroxylation is 1. The van der Waals surface area contributed by atoms with Gasteiger partial charge in [0.2, 0.25) is 5.91 Å². The van der Waals surface area contributed by atoms with E-state index in [-0.39, 0.29) is 5.91 Å². The molecule has 0 fully saturated rings.